The number of nitrogens with zero attached hydrogens (tertiary/aromatic N) is 2. The SMILES string of the molecule is CN(C)c1ccc(NC(=O)C2CC2C(=O)NCCN2CCOCC2)cc1. The first kappa shape index (κ1) is 18.7. The van der Waals surface area contributed by atoms with Crippen LogP contribution in [0.3, 0.4) is 0 Å². The molecule has 1 aliphatic carbocycles. The molecule has 2 fully saturated rings. The van der Waals surface area contributed by atoms with Gasteiger partial charge in [-0.25, -0.2) is 0 Å². The summed E-state index contributed by atoms with van der Waals surface area (Å²) in [4.78, 5) is 28.8. The second-order valence-electron chi connectivity index (χ2n) is 7.12. The number of hydrogen-bond acceptors (Lipinski definition) is 5. The topological polar surface area (TPSA) is 73.9 Å². The summed E-state index contributed by atoms with van der Waals surface area (Å²) in [5, 5.41) is 5.86. The largest absolute Gasteiger partial charge is 0.379 e. The van der Waals surface area contributed by atoms with Crippen LogP contribution in [0.15, 0.2) is 24.3 Å². The van der Waals surface area contributed by atoms with Gasteiger partial charge in [0.25, 0.3) is 0 Å². The van der Waals surface area contributed by atoms with E-state index in [4.69, 9.17) is 4.74 Å². The smallest absolute Gasteiger partial charge is 0.228 e. The average molecular weight is 360 g/mol. The average Bonchev–Trinajstić information content (AvgIpc) is 3.44. The van der Waals surface area contributed by atoms with E-state index in [0.29, 0.717) is 13.0 Å². The minimum absolute atomic E-state index is 0.0126. The number of ether oxygens (including phenoxy) is 1. The number of hydrogen-bond donors (Lipinski definition) is 2. The van der Waals surface area contributed by atoms with E-state index < -0.39 is 0 Å². The van der Waals surface area contributed by atoms with E-state index in [1.54, 1.807) is 0 Å². The maximum Gasteiger partial charge on any atom is 0.228 e. The highest BCUT2D eigenvalue weighted by molar-refractivity contribution is 5.99. The first-order valence-corrected chi connectivity index (χ1v) is 9.20. The van der Waals surface area contributed by atoms with E-state index >= 15 is 0 Å². The Morgan fingerprint density at radius 2 is 1.77 bits per heavy atom. The number of rotatable bonds is 7. The number of benzene rings is 1. The molecule has 0 radical (unpaired) electrons. The van der Waals surface area contributed by atoms with E-state index in [9.17, 15) is 9.59 Å². The molecule has 7 nitrogen and oxygen atoms in total. The summed E-state index contributed by atoms with van der Waals surface area (Å²) in [6.45, 7) is 4.79. The first-order valence-electron chi connectivity index (χ1n) is 9.20. The van der Waals surface area contributed by atoms with E-state index in [0.717, 1.165) is 44.2 Å². The lowest BCUT2D eigenvalue weighted by atomic mass is 10.2. The minimum Gasteiger partial charge on any atom is -0.379 e. The van der Waals surface area contributed by atoms with Gasteiger partial charge in [0.05, 0.1) is 25.0 Å². The van der Waals surface area contributed by atoms with E-state index in [-0.39, 0.29) is 23.7 Å². The molecule has 0 bridgehead atoms. The molecule has 1 aromatic rings. The Morgan fingerprint density at radius 3 is 2.42 bits per heavy atom. The van der Waals surface area contributed by atoms with Gasteiger partial charge in [-0.1, -0.05) is 0 Å². The molecule has 2 amide bonds. The van der Waals surface area contributed by atoms with E-state index in [1.165, 1.54) is 0 Å². The summed E-state index contributed by atoms with van der Waals surface area (Å²) in [7, 11) is 3.94. The molecule has 2 unspecified atom stereocenters. The van der Waals surface area contributed by atoms with Crippen LogP contribution in [0.2, 0.25) is 0 Å². The highest BCUT2D eigenvalue weighted by Crippen LogP contribution is 2.39. The molecular formula is C19H28N4O3. The Kier molecular flexibility index (Phi) is 6.11. The summed E-state index contributed by atoms with van der Waals surface area (Å²) < 4.78 is 5.31. The molecule has 1 aliphatic heterocycles. The fraction of sp³-hybridized carbons (Fsp3) is 0.579. The zero-order valence-corrected chi connectivity index (χ0v) is 15.5. The standard InChI is InChI=1S/C19H28N4O3/c1-22(2)15-5-3-14(4-6-15)21-19(25)17-13-16(17)18(24)20-7-8-23-9-11-26-12-10-23/h3-6,16-17H,7-13H2,1-2H3,(H,20,24)(H,21,25). The van der Waals surface area contributed by atoms with Crippen LogP contribution < -0.4 is 15.5 Å². The van der Waals surface area contributed by atoms with Gasteiger partial charge in [0.1, 0.15) is 0 Å². The Labute approximate surface area is 154 Å². The van der Waals surface area contributed by atoms with Gasteiger partial charge in [0.15, 0.2) is 0 Å². The van der Waals surface area contributed by atoms with Gasteiger partial charge in [-0.15, -0.1) is 0 Å². The number of anilines is 2. The van der Waals surface area contributed by atoms with Crippen LogP contribution in [0, 0.1) is 11.8 Å². The summed E-state index contributed by atoms with van der Waals surface area (Å²) in [6.07, 6.45) is 0.630. The highest BCUT2D eigenvalue weighted by atomic mass is 16.5. The van der Waals surface area contributed by atoms with Gasteiger partial charge in [-0.05, 0) is 30.7 Å². The zero-order chi connectivity index (χ0) is 18.5. The van der Waals surface area contributed by atoms with Crippen LogP contribution in [0.1, 0.15) is 6.42 Å². The lowest BCUT2D eigenvalue weighted by Crippen LogP contribution is -2.41. The van der Waals surface area contributed by atoms with Crippen LogP contribution in [-0.2, 0) is 14.3 Å². The van der Waals surface area contributed by atoms with Crippen molar-refractivity contribution in [1.29, 1.82) is 0 Å². The summed E-state index contributed by atoms with van der Waals surface area (Å²) in [5.74, 6) is -0.495. The van der Waals surface area contributed by atoms with Crippen molar-refractivity contribution in [2.75, 3.05) is 63.7 Å². The molecule has 7 heteroatoms. The van der Waals surface area contributed by atoms with Crippen molar-refractivity contribution in [3.8, 4) is 0 Å². The summed E-state index contributed by atoms with van der Waals surface area (Å²) in [5.41, 5.74) is 1.84. The lowest BCUT2D eigenvalue weighted by molar-refractivity contribution is -0.125. The third-order valence-electron chi connectivity index (χ3n) is 4.95. The van der Waals surface area contributed by atoms with Crippen molar-refractivity contribution in [2.24, 2.45) is 11.8 Å². The molecule has 142 valence electrons. The number of carbonyl (C=O) groups excluding carboxylic acids is 2. The second kappa shape index (κ2) is 8.51. The highest BCUT2D eigenvalue weighted by Gasteiger charge is 2.47. The van der Waals surface area contributed by atoms with Crippen LogP contribution in [0.25, 0.3) is 0 Å². The molecule has 1 saturated heterocycles. The van der Waals surface area contributed by atoms with Crippen LogP contribution >= 0.6 is 0 Å². The van der Waals surface area contributed by atoms with E-state index in [1.807, 2.05) is 43.3 Å². The Balaban J connectivity index is 1.38. The normalized spacial score (nSPS) is 22.5. The molecule has 1 saturated carbocycles. The Hall–Kier alpha value is -2.12. The molecule has 0 aromatic heterocycles. The number of nitrogens with one attached hydrogen (secondary N) is 2. The zero-order valence-electron chi connectivity index (χ0n) is 15.5. The van der Waals surface area contributed by atoms with Crippen molar-refractivity contribution in [2.45, 2.75) is 6.42 Å². The van der Waals surface area contributed by atoms with Gasteiger partial charge < -0.3 is 20.3 Å². The van der Waals surface area contributed by atoms with Gasteiger partial charge >= 0.3 is 0 Å². The van der Waals surface area contributed by atoms with Gasteiger partial charge in [-0.3, -0.25) is 14.5 Å². The van der Waals surface area contributed by atoms with Gasteiger partial charge in [0, 0.05) is 51.6 Å². The maximum absolute atomic E-state index is 12.3. The predicted molar refractivity (Wildman–Crippen MR) is 101 cm³/mol. The Morgan fingerprint density at radius 1 is 1.12 bits per heavy atom. The fourth-order valence-corrected chi connectivity index (χ4v) is 3.15. The Bertz CT molecular complexity index is 626. The van der Waals surface area contributed by atoms with E-state index in [2.05, 4.69) is 15.5 Å². The lowest BCUT2D eigenvalue weighted by Gasteiger charge is -2.26. The van der Waals surface area contributed by atoms with Gasteiger partial charge in [-0.2, -0.15) is 0 Å². The number of morpholine rings is 1. The quantitative estimate of drug-likeness (QED) is 0.752. The summed E-state index contributed by atoms with van der Waals surface area (Å²) in [6, 6.07) is 7.68. The maximum atomic E-state index is 12.3. The van der Waals surface area contributed by atoms with Crippen LogP contribution in [0.4, 0.5) is 11.4 Å². The monoisotopic (exact) mass is 360 g/mol. The third-order valence-corrected chi connectivity index (χ3v) is 4.95. The molecular weight excluding hydrogens is 332 g/mol. The fourth-order valence-electron chi connectivity index (χ4n) is 3.15. The van der Waals surface area contributed by atoms with Gasteiger partial charge in [0.2, 0.25) is 11.8 Å². The van der Waals surface area contributed by atoms with Crippen LogP contribution in [0.5, 0.6) is 0 Å². The number of amides is 2. The molecule has 1 aromatic carbocycles. The molecule has 2 N–H and O–H groups in total. The van der Waals surface area contributed by atoms with Crippen molar-refractivity contribution in [3.63, 3.8) is 0 Å². The molecule has 0 spiro atoms. The molecule has 2 aliphatic rings. The summed E-state index contributed by atoms with van der Waals surface area (Å²) >= 11 is 0. The first-order chi connectivity index (χ1) is 12.5. The van der Waals surface area contributed by atoms with Crippen molar-refractivity contribution >= 4 is 23.2 Å². The third kappa shape index (κ3) is 4.95. The van der Waals surface area contributed by atoms with Crippen molar-refractivity contribution in [3.05, 3.63) is 24.3 Å². The van der Waals surface area contributed by atoms with Crippen molar-refractivity contribution < 1.29 is 14.3 Å². The molecule has 2 atom stereocenters. The molecule has 3 rings (SSSR count). The molecule has 1 heterocycles. The predicted octanol–water partition coefficient (Wildman–Crippen LogP) is 0.776. The van der Waals surface area contributed by atoms with Crippen molar-refractivity contribution in [1.82, 2.24) is 10.2 Å². The second-order valence-corrected chi connectivity index (χ2v) is 7.12. The van der Waals surface area contributed by atoms with Crippen LogP contribution in [-0.4, -0.2) is 70.2 Å². The molecule has 26 heavy (non-hydrogen) atoms. The number of carbonyl (C=O) groups is 2. The minimum atomic E-state index is -0.216.